The van der Waals surface area contributed by atoms with Gasteiger partial charge in [0.15, 0.2) is 5.69 Å². The number of rotatable bonds is 4. The molecule has 1 fully saturated rings. The Kier molecular flexibility index (Phi) is 4.31. The van der Waals surface area contributed by atoms with Gasteiger partial charge in [-0.15, -0.1) is 0 Å². The van der Waals surface area contributed by atoms with E-state index < -0.39 is 5.97 Å². The predicted octanol–water partition coefficient (Wildman–Crippen LogP) is 2.88. The van der Waals surface area contributed by atoms with E-state index in [4.69, 9.17) is 9.84 Å². The van der Waals surface area contributed by atoms with Crippen molar-refractivity contribution >= 4 is 5.97 Å². The lowest BCUT2D eigenvalue weighted by molar-refractivity contribution is -0.0159. The van der Waals surface area contributed by atoms with Crippen molar-refractivity contribution in [3.8, 4) is 0 Å². The number of hydrogen-bond donors (Lipinski definition) is 1. The van der Waals surface area contributed by atoms with Gasteiger partial charge in [0.2, 0.25) is 0 Å². The molecule has 1 aromatic rings. The highest BCUT2D eigenvalue weighted by molar-refractivity contribution is 5.86. The van der Waals surface area contributed by atoms with Crippen LogP contribution in [0.3, 0.4) is 0 Å². The smallest absolute Gasteiger partial charge is 0.354 e. The molecular weight excluding hydrogens is 230 g/mol. The Morgan fingerprint density at radius 2 is 2.28 bits per heavy atom. The van der Waals surface area contributed by atoms with E-state index in [2.05, 4.69) is 11.9 Å². The highest BCUT2D eigenvalue weighted by atomic mass is 16.5. The van der Waals surface area contributed by atoms with Crippen LogP contribution in [0.4, 0.5) is 0 Å². The molecule has 0 aliphatic heterocycles. The van der Waals surface area contributed by atoms with Crippen LogP contribution in [0.1, 0.15) is 48.7 Å². The zero-order valence-corrected chi connectivity index (χ0v) is 10.6. The third kappa shape index (κ3) is 3.07. The normalized spacial score (nSPS) is 23.8. The minimum atomic E-state index is -0.995. The van der Waals surface area contributed by atoms with Gasteiger partial charge in [-0.25, -0.2) is 9.78 Å². The first kappa shape index (κ1) is 13.0. The Bertz CT molecular complexity index is 419. The second-order valence-corrected chi connectivity index (χ2v) is 4.93. The number of carbonyl (C=O) groups is 1. The molecule has 0 aromatic carbocycles. The number of carboxylic acid groups (broad SMARTS) is 1. The molecule has 98 valence electrons. The van der Waals surface area contributed by atoms with Crippen molar-refractivity contribution in [3.63, 3.8) is 0 Å². The maximum absolute atomic E-state index is 11.0. The number of hydrogen-bond acceptors (Lipinski definition) is 3. The molecule has 2 rings (SSSR count). The van der Waals surface area contributed by atoms with Crippen LogP contribution in [-0.4, -0.2) is 22.2 Å². The van der Waals surface area contributed by atoms with Crippen LogP contribution in [0, 0.1) is 5.92 Å². The minimum absolute atomic E-state index is 0.0981. The van der Waals surface area contributed by atoms with Crippen molar-refractivity contribution < 1.29 is 14.6 Å². The summed E-state index contributed by atoms with van der Waals surface area (Å²) in [6.45, 7) is 2.54. The highest BCUT2D eigenvalue weighted by Gasteiger charge is 2.22. The lowest BCUT2D eigenvalue weighted by Crippen LogP contribution is -2.25. The van der Waals surface area contributed by atoms with Crippen molar-refractivity contribution in [2.45, 2.75) is 45.3 Å². The minimum Gasteiger partial charge on any atom is -0.477 e. The van der Waals surface area contributed by atoms with Crippen LogP contribution in [0.2, 0.25) is 0 Å². The van der Waals surface area contributed by atoms with Gasteiger partial charge in [-0.2, -0.15) is 0 Å². The number of pyridine rings is 1. The Hall–Kier alpha value is -1.42. The van der Waals surface area contributed by atoms with Crippen molar-refractivity contribution in [2.75, 3.05) is 0 Å². The van der Waals surface area contributed by atoms with Crippen molar-refractivity contribution in [1.29, 1.82) is 0 Å². The van der Waals surface area contributed by atoms with E-state index in [1.807, 2.05) is 0 Å². The van der Waals surface area contributed by atoms with Crippen LogP contribution < -0.4 is 0 Å². The second kappa shape index (κ2) is 5.96. The first-order valence-electron chi connectivity index (χ1n) is 6.47. The fourth-order valence-electron chi connectivity index (χ4n) is 2.47. The van der Waals surface area contributed by atoms with E-state index in [9.17, 15) is 4.79 Å². The topological polar surface area (TPSA) is 59.4 Å². The predicted molar refractivity (Wildman–Crippen MR) is 67.4 cm³/mol. The zero-order chi connectivity index (χ0) is 13.0. The summed E-state index contributed by atoms with van der Waals surface area (Å²) in [4.78, 5) is 14.9. The van der Waals surface area contributed by atoms with Crippen LogP contribution in [-0.2, 0) is 11.3 Å². The van der Waals surface area contributed by atoms with Gasteiger partial charge >= 0.3 is 5.97 Å². The Balaban J connectivity index is 1.99. The fourth-order valence-corrected chi connectivity index (χ4v) is 2.47. The standard InChI is InChI=1S/C14H19NO3/c1-10-5-2-3-7-12(10)18-9-11-6-4-8-15-13(11)14(16)17/h4,6,8,10,12H,2-3,5,7,9H2,1H3,(H,16,17). The molecule has 1 aliphatic rings. The van der Waals surface area contributed by atoms with Crippen LogP contribution in [0.15, 0.2) is 18.3 Å². The molecule has 0 bridgehead atoms. The summed E-state index contributed by atoms with van der Waals surface area (Å²) in [5, 5.41) is 9.04. The van der Waals surface area contributed by atoms with Crippen LogP contribution >= 0.6 is 0 Å². The van der Waals surface area contributed by atoms with E-state index in [1.54, 1.807) is 12.1 Å². The third-order valence-corrected chi connectivity index (χ3v) is 3.58. The molecule has 1 aliphatic carbocycles. The SMILES string of the molecule is CC1CCCCC1OCc1cccnc1C(=O)O. The van der Waals surface area contributed by atoms with Crippen LogP contribution in [0.5, 0.6) is 0 Å². The molecule has 0 radical (unpaired) electrons. The van der Waals surface area contributed by atoms with Gasteiger partial charge in [0.25, 0.3) is 0 Å². The Labute approximate surface area is 107 Å². The molecular formula is C14H19NO3. The van der Waals surface area contributed by atoms with E-state index in [-0.39, 0.29) is 11.8 Å². The van der Waals surface area contributed by atoms with E-state index in [0.29, 0.717) is 18.1 Å². The summed E-state index contributed by atoms with van der Waals surface area (Å²) in [5.74, 6) is -0.436. The average molecular weight is 249 g/mol. The van der Waals surface area contributed by atoms with E-state index in [0.717, 1.165) is 6.42 Å². The van der Waals surface area contributed by atoms with Gasteiger partial charge in [-0.05, 0) is 24.8 Å². The molecule has 1 N–H and O–H groups in total. The lowest BCUT2D eigenvalue weighted by atomic mass is 9.88. The molecule has 4 nitrogen and oxygen atoms in total. The number of carboxylic acids is 1. The maximum atomic E-state index is 11.0. The first-order chi connectivity index (χ1) is 8.68. The second-order valence-electron chi connectivity index (χ2n) is 4.93. The van der Waals surface area contributed by atoms with Crippen molar-refractivity contribution in [3.05, 3.63) is 29.6 Å². The number of aromatic nitrogens is 1. The molecule has 1 saturated carbocycles. The molecule has 18 heavy (non-hydrogen) atoms. The Morgan fingerprint density at radius 3 is 3.00 bits per heavy atom. The molecule has 0 spiro atoms. The third-order valence-electron chi connectivity index (χ3n) is 3.58. The molecule has 4 heteroatoms. The Morgan fingerprint density at radius 1 is 1.50 bits per heavy atom. The summed E-state index contributed by atoms with van der Waals surface area (Å²) in [7, 11) is 0. The number of nitrogens with zero attached hydrogens (tertiary/aromatic N) is 1. The molecule has 2 atom stereocenters. The summed E-state index contributed by atoms with van der Waals surface area (Å²) < 4.78 is 5.87. The van der Waals surface area contributed by atoms with Gasteiger partial charge in [-0.3, -0.25) is 0 Å². The van der Waals surface area contributed by atoms with E-state index >= 15 is 0 Å². The molecule has 2 unspecified atom stereocenters. The molecule has 0 saturated heterocycles. The fraction of sp³-hybridized carbons (Fsp3) is 0.571. The van der Waals surface area contributed by atoms with Gasteiger partial charge in [0.05, 0.1) is 12.7 Å². The zero-order valence-electron chi connectivity index (χ0n) is 10.6. The van der Waals surface area contributed by atoms with Crippen molar-refractivity contribution in [1.82, 2.24) is 4.98 Å². The molecule has 1 heterocycles. The summed E-state index contributed by atoms with van der Waals surface area (Å²) in [6.07, 6.45) is 6.49. The monoisotopic (exact) mass is 249 g/mol. The average Bonchev–Trinajstić information content (AvgIpc) is 2.38. The van der Waals surface area contributed by atoms with Gasteiger partial charge in [0, 0.05) is 11.8 Å². The van der Waals surface area contributed by atoms with Crippen molar-refractivity contribution in [2.24, 2.45) is 5.92 Å². The first-order valence-corrected chi connectivity index (χ1v) is 6.47. The summed E-state index contributed by atoms with van der Waals surface area (Å²) in [5.41, 5.74) is 0.753. The quantitative estimate of drug-likeness (QED) is 0.891. The van der Waals surface area contributed by atoms with E-state index in [1.165, 1.54) is 25.5 Å². The van der Waals surface area contributed by atoms with Gasteiger partial charge < -0.3 is 9.84 Å². The maximum Gasteiger partial charge on any atom is 0.354 e. The van der Waals surface area contributed by atoms with Gasteiger partial charge in [-0.1, -0.05) is 25.8 Å². The largest absolute Gasteiger partial charge is 0.477 e. The highest BCUT2D eigenvalue weighted by Crippen LogP contribution is 2.27. The number of ether oxygens (including phenoxy) is 1. The number of aromatic carboxylic acids is 1. The summed E-state index contributed by atoms with van der Waals surface area (Å²) >= 11 is 0. The molecule has 0 amide bonds. The lowest BCUT2D eigenvalue weighted by Gasteiger charge is -2.28. The van der Waals surface area contributed by atoms with Crippen LogP contribution in [0.25, 0.3) is 0 Å². The summed E-state index contributed by atoms with van der Waals surface area (Å²) in [6, 6.07) is 3.51. The molecule has 1 aromatic heterocycles. The van der Waals surface area contributed by atoms with Gasteiger partial charge in [0.1, 0.15) is 0 Å².